The van der Waals surface area contributed by atoms with Crippen molar-refractivity contribution in [2.24, 2.45) is 5.73 Å². The van der Waals surface area contributed by atoms with Crippen LogP contribution in [0.1, 0.15) is 29.5 Å². The number of aromatic nitrogens is 1. The molecule has 0 bridgehead atoms. The molecule has 4 nitrogen and oxygen atoms in total. The Kier molecular flexibility index (Phi) is 4.24. The standard InChI is InChI=1S/C11H17N3O/c1-8-4-3-5-10(13-8)11(15)14-9(2)6-7-12/h3-5,9H,6-7,12H2,1-2H3,(H,14,15). The first-order valence-electron chi connectivity index (χ1n) is 5.08. The van der Waals surface area contributed by atoms with Gasteiger partial charge >= 0.3 is 0 Å². The molecule has 0 saturated carbocycles. The molecule has 1 aromatic rings. The smallest absolute Gasteiger partial charge is 0.270 e. The summed E-state index contributed by atoms with van der Waals surface area (Å²) in [6.07, 6.45) is 0.775. The van der Waals surface area contributed by atoms with Gasteiger partial charge < -0.3 is 11.1 Å². The van der Waals surface area contributed by atoms with Gasteiger partial charge in [-0.15, -0.1) is 0 Å². The van der Waals surface area contributed by atoms with Crippen LogP contribution in [0.15, 0.2) is 18.2 Å². The lowest BCUT2D eigenvalue weighted by atomic mass is 10.2. The summed E-state index contributed by atoms with van der Waals surface area (Å²) in [5, 5.41) is 2.84. The van der Waals surface area contributed by atoms with Crippen LogP contribution in [0.2, 0.25) is 0 Å². The Morgan fingerprint density at radius 3 is 2.93 bits per heavy atom. The summed E-state index contributed by atoms with van der Waals surface area (Å²) in [6, 6.07) is 5.48. The molecule has 0 saturated heterocycles. The normalized spacial score (nSPS) is 12.2. The second-order valence-electron chi connectivity index (χ2n) is 3.62. The third-order valence-corrected chi connectivity index (χ3v) is 2.10. The van der Waals surface area contributed by atoms with E-state index in [4.69, 9.17) is 5.73 Å². The van der Waals surface area contributed by atoms with Crippen LogP contribution < -0.4 is 11.1 Å². The lowest BCUT2D eigenvalue weighted by Gasteiger charge is -2.12. The molecule has 0 fully saturated rings. The Hall–Kier alpha value is -1.42. The third-order valence-electron chi connectivity index (χ3n) is 2.10. The number of carbonyl (C=O) groups is 1. The van der Waals surface area contributed by atoms with E-state index in [1.807, 2.05) is 26.0 Å². The van der Waals surface area contributed by atoms with Gasteiger partial charge in [0.15, 0.2) is 0 Å². The van der Waals surface area contributed by atoms with Crippen molar-refractivity contribution in [1.29, 1.82) is 0 Å². The monoisotopic (exact) mass is 207 g/mol. The number of hydrogen-bond acceptors (Lipinski definition) is 3. The Balaban J connectivity index is 2.61. The minimum atomic E-state index is -0.139. The molecule has 0 spiro atoms. The molecule has 4 heteroatoms. The molecule has 15 heavy (non-hydrogen) atoms. The second-order valence-corrected chi connectivity index (χ2v) is 3.62. The summed E-state index contributed by atoms with van der Waals surface area (Å²) in [6.45, 7) is 4.36. The molecule has 0 radical (unpaired) electrons. The van der Waals surface area contributed by atoms with Crippen LogP contribution in [-0.2, 0) is 0 Å². The molecular weight excluding hydrogens is 190 g/mol. The van der Waals surface area contributed by atoms with E-state index in [0.29, 0.717) is 12.2 Å². The van der Waals surface area contributed by atoms with Crippen molar-refractivity contribution < 1.29 is 4.79 Å². The lowest BCUT2D eigenvalue weighted by Crippen LogP contribution is -2.34. The summed E-state index contributed by atoms with van der Waals surface area (Å²) in [7, 11) is 0. The zero-order valence-corrected chi connectivity index (χ0v) is 9.16. The highest BCUT2D eigenvalue weighted by Gasteiger charge is 2.09. The van der Waals surface area contributed by atoms with Gasteiger partial charge in [-0.05, 0) is 38.9 Å². The van der Waals surface area contributed by atoms with Gasteiger partial charge in [0.1, 0.15) is 5.69 Å². The van der Waals surface area contributed by atoms with E-state index >= 15 is 0 Å². The van der Waals surface area contributed by atoms with Crippen LogP contribution >= 0.6 is 0 Å². The zero-order valence-electron chi connectivity index (χ0n) is 9.16. The quantitative estimate of drug-likeness (QED) is 0.769. The number of hydrogen-bond donors (Lipinski definition) is 2. The van der Waals surface area contributed by atoms with Crippen molar-refractivity contribution in [3.05, 3.63) is 29.6 Å². The number of nitrogens with one attached hydrogen (secondary N) is 1. The minimum absolute atomic E-state index is 0.0878. The third kappa shape index (κ3) is 3.67. The summed E-state index contributed by atoms with van der Waals surface area (Å²) in [5.41, 5.74) is 6.70. The molecule has 0 aliphatic heterocycles. The van der Waals surface area contributed by atoms with Crippen molar-refractivity contribution in [2.75, 3.05) is 6.54 Å². The first-order valence-corrected chi connectivity index (χ1v) is 5.08. The van der Waals surface area contributed by atoms with Crippen molar-refractivity contribution in [3.63, 3.8) is 0 Å². The minimum Gasteiger partial charge on any atom is -0.348 e. The zero-order chi connectivity index (χ0) is 11.3. The predicted octanol–water partition coefficient (Wildman–Crippen LogP) is 0.857. The van der Waals surface area contributed by atoms with Gasteiger partial charge in [-0.25, -0.2) is 4.98 Å². The molecule has 0 aliphatic carbocycles. The summed E-state index contributed by atoms with van der Waals surface area (Å²) >= 11 is 0. The maximum absolute atomic E-state index is 11.7. The molecule has 82 valence electrons. The van der Waals surface area contributed by atoms with Gasteiger partial charge in [0, 0.05) is 11.7 Å². The SMILES string of the molecule is Cc1cccc(C(=O)NC(C)CCN)n1. The van der Waals surface area contributed by atoms with Crippen LogP contribution in [0, 0.1) is 6.92 Å². The molecular formula is C11H17N3O. The Labute approximate surface area is 89.9 Å². The van der Waals surface area contributed by atoms with Gasteiger partial charge in [0.25, 0.3) is 5.91 Å². The van der Waals surface area contributed by atoms with Crippen molar-refractivity contribution in [2.45, 2.75) is 26.3 Å². The van der Waals surface area contributed by atoms with Crippen LogP contribution in [0.4, 0.5) is 0 Å². The van der Waals surface area contributed by atoms with Gasteiger partial charge in [-0.3, -0.25) is 4.79 Å². The molecule has 1 unspecified atom stereocenters. The second kappa shape index (κ2) is 5.46. The molecule has 1 aromatic heterocycles. The predicted molar refractivity (Wildman–Crippen MR) is 59.6 cm³/mol. The Morgan fingerprint density at radius 2 is 2.33 bits per heavy atom. The van der Waals surface area contributed by atoms with E-state index in [9.17, 15) is 4.79 Å². The largest absolute Gasteiger partial charge is 0.348 e. The van der Waals surface area contributed by atoms with E-state index in [-0.39, 0.29) is 11.9 Å². The number of nitrogens with two attached hydrogens (primary N) is 1. The van der Waals surface area contributed by atoms with E-state index in [1.165, 1.54) is 0 Å². The number of carbonyl (C=O) groups excluding carboxylic acids is 1. The summed E-state index contributed by atoms with van der Waals surface area (Å²) in [5.74, 6) is -0.139. The number of amides is 1. The van der Waals surface area contributed by atoms with E-state index in [2.05, 4.69) is 10.3 Å². The van der Waals surface area contributed by atoms with E-state index in [1.54, 1.807) is 6.07 Å². The fourth-order valence-electron chi connectivity index (χ4n) is 1.29. The highest BCUT2D eigenvalue weighted by molar-refractivity contribution is 5.92. The lowest BCUT2D eigenvalue weighted by molar-refractivity contribution is 0.0933. The average molecular weight is 207 g/mol. The molecule has 1 heterocycles. The van der Waals surface area contributed by atoms with E-state index < -0.39 is 0 Å². The molecule has 0 aliphatic rings. The topological polar surface area (TPSA) is 68.0 Å². The molecule has 1 atom stereocenters. The van der Waals surface area contributed by atoms with E-state index in [0.717, 1.165) is 12.1 Å². The van der Waals surface area contributed by atoms with Gasteiger partial charge in [-0.1, -0.05) is 6.07 Å². The molecule has 0 aromatic carbocycles. The first kappa shape index (κ1) is 11.7. The van der Waals surface area contributed by atoms with Crippen molar-refractivity contribution in [1.82, 2.24) is 10.3 Å². The molecule has 1 amide bonds. The van der Waals surface area contributed by atoms with Crippen LogP contribution in [0.25, 0.3) is 0 Å². The van der Waals surface area contributed by atoms with Gasteiger partial charge in [0.05, 0.1) is 0 Å². The summed E-state index contributed by atoms with van der Waals surface area (Å²) < 4.78 is 0. The number of rotatable bonds is 4. The first-order chi connectivity index (χ1) is 7.13. The number of pyridine rings is 1. The Morgan fingerprint density at radius 1 is 1.60 bits per heavy atom. The highest BCUT2D eigenvalue weighted by atomic mass is 16.1. The van der Waals surface area contributed by atoms with Gasteiger partial charge in [-0.2, -0.15) is 0 Å². The Bertz CT molecular complexity index is 338. The number of nitrogens with zero attached hydrogens (tertiary/aromatic N) is 1. The van der Waals surface area contributed by atoms with Gasteiger partial charge in [0.2, 0.25) is 0 Å². The maximum Gasteiger partial charge on any atom is 0.270 e. The van der Waals surface area contributed by atoms with Crippen molar-refractivity contribution >= 4 is 5.91 Å². The van der Waals surface area contributed by atoms with Crippen molar-refractivity contribution in [3.8, 4) is 0 Å². The van der Waals surface area contributed by atoms with Crippen LogP contribution in [0.5, 0.6) is 0 Å². The fourth-order valence-corrected chi connectivity index (χ4v) is 1.29. The average Bonchev–Trinajstić information content (AvgIpc) is 2.18. The molecule has 3 N–H and O–H groups in total. The number of aryl methyl sites for hydroxylation is 1. The van der Waals surface area contributed by atoms with Crippen LogP contribution in [-0.4, -0.2) is 23.5 Å². The summed E-state index contributed by atoms with van der Waals surface area (Å²) in [4.78, 5) is 15.8. The van der Waals surface area contributed by atoms with Crippen LogP contribution in [0.3, 0.4) is 0 Å². The fraction of sp³-hybridized carbons (Fsp3) is 0.455. The highest BCUT2D eigenvalue weighted by Crippen LogP contribution is 1.99. The molecule has 1 rings (SSSR count). The maximum atomic E-state index is 11.7.